The molecule has 0 unspecified atom stereocenters. The lowest BCUT2D eigenvalue weighted by Gasteiger charge is -2.48. The Labute approximate surface area is 158 Å². The van der Waals surface area contributed by atoms with Crippen molar-refractivity contribution >= 4 is 27.5 Å². The summed E-state index contributed by atoms with van der Waals surface area (Å²) in [6.45, 7) is 2.27. The number of hydrogen-bond acceptors (Lipinski definition) is 1. The van der Waals surface area contributed by atoms with Gasteiger partial charge in [0.15, 0.2) is 0 Å². The summed E-state index contributed by atoms with van der Waals surface area (Å²) in [5.41, 5.74) is 3.22. The number of hydrogen-bond donors (Lipinski definition) is 0. The van der Waals surface area contributed by atoms with Crippen molar-refractivity contribution in [3.8, 4) is 0 Å². The molecule has 25 heavy (non-hydrogen) atoms. The molecule has 2 aromatic carbocycles. The van der Waals surface area contributed by atoms with E-state index in [-0.39, 0.29) is 5.91 Å². The standard InChI is InChI=1S/C22H24BrNO/c1-2-15-7-5-8-18-14-17-6-3-4-9-20(17)24(21(15)18)22(25)16-10-12-19(23)13-11-16/h3-4,6,9-13,15,18,21H,2,5,7-8,14H2,1H3/t15-,18+,21-/m0/s1. The van der Waals surface area contributed by atoms with E-state index < -0.39 is 0 Å². The minimum Gasteiger partial charge on any atom is -0.304 e. The van der Waals surface area contributed by atoms with Crippen molar-refractivity contribution in [3.05, 3.63) is 64.1 Å². The third-order valence-corrected chi connectivity index (χ3v) is 6.51. The van der Waals surface area contributed by atoms with Gasteiger partial charge in [0, 0.05) is 21.8 Å². The molecule has 0 aromatic heterocycles. The van der Waals surface area contributed by atoms with Crippen LogP contribution in [-0.4, -0.2) is 11.9 Å². The van der Waals surface area contributed by atoms with Crippen molar-refractivity contribution in [1.82, 2.24) is 0 Å². The van der Waals surface area contributed by atoms with E-state index in [2.05, 4.69) is 52.0 Å². The van der Waals surface area contributed by atoms with Gasteiger partial charge in [-0.15, -0.1) is 0 Å². The first-order valence-corrected chi connectivity index (χ1v) is 10.2. The third-order valence-electron chi connectivity index (χ3n) is 5.98. The molecule has 3 heteroatoms. The fourth-order valence-electron chi connectivity index (χ4n) is 4.80. The third kappa shape index (κ3) is 3.03. The average molecular weight is 398 g/mol. The minimum atomic E-state index is 0.148. The molecule has 4 rings (SSSR count). The van der Waals surface area contributed by atoms with E-state index in [0.717, 1.165) is 28.6 Å². The van der Waals surface area contributed by atoms with Crippen LogP contribution in [0.3, 0.4) is 0 Å². The Morgan fingerprint density at radius 2 is 1.88 bits per heavy atom. The predicted octanol–water partition coefficient (Wildman–Crippen LogP) is 5.85. The maximum atomic E-state index is 13.5. The zero-order valence-electron chi connectivity index (χ0n) is 14.6. The van der Waals surface area contributed by atoms with Crippen LogP contribution >= 0.6 is 15.9 Å². The number of para-hydroxylation sites is 1. The summed E-state index contributed by atoms with van der Waals surface area (Å²) in [6.07, 6.45) is 6.03. The van der Waals surface area contributed by atoms with Gasteiger partial charge in [0.25, 0.3) is 5.91 Å². The van der Waals surface area contributed by atoms with Crippen LogP contribution in [0.25, 0.3) is 0 Å². The summed E-state index contributed by atoms with van der Waals surface area (Å²) in [7, 11) is 0. The molecule has 1 fully saturated rings. The first-order chi connectivity index (χ1) is 12.2. The number of nitrogens with zero attached hydrogens (tertiary/aromatic N) is 1. The lowest BCUT2D eigenvalue weighted by atomic mass is 9.70. The van der Waals surface area contributed by atoms with E-state index in [1.807, 2.05) is 24.3 Å². The molecule has 1 aliphatic carbocycles. The molecule has 0 N–H and O–H groups in total. The summed E-state index contributed by atoms with van der Waals surface area (Å²) < 4.78 is 1.00. The van der Waals surface area contributed by atoms with Crippen LogP contribution in [0.15, 0.2) is 53.0 Å². The van der Waals surface area contributed by atoms with E-state index in [1.165, 1.54) is 24.8 Å². The molecule has 1 heterocycles. The molecule has 0 spiro atoms. The average Bonchev–Trinajstić information content (AvgIpc) is 2.65. The maximum absolute atomic E-state index is 13.5. The molecule has 2 aliphatic rings. The van der Waals surface area contributed by atoms with Crippen LogP contribution in [0.2, 0.25) is 0 Å². The van der Waals surface area contributed by atoms with Gasteiger partial charge in [0.1, 0.15) is 0 Å². The number of benzene rings is 2. The quantitative estimate of drug-likeness (QED) is 0.622. The molecular formula is C22H24BrNO. The second-order valence-electron chi connectivity index (χ2n) is 7.36. The van der Waals surface area contributed by atoms with Gasteiger partial charge in [0.05, 0.1) is 0 Å². The summed E-state index contributed by atoms with van der Waals surface area (Å²) in [5.74, 6) is 1.34. The largest absolute Gasteiger partial charge is 0.304 e. The van der Waals surface area contributed by atoms with Crippen molar-refractivity contribution in [2.24, 2.45) is 11.8 Å². The van der Waals surface area contributed by atoms with Gasteiger partial charge < -0.3 is 4.90 Å². The van der Waals surface area contributed by atoms with Crippen molar-refractivity contribution in [2.45, 2.75) is 45.1 Å². The van der Waals surface area contributed by atoms with Gasteiger partial charge in [-0.1, -0.05) is 53.9 Å². The predicted molar refractivity (Wildman–Crippen MR) is 106 cm³/mol. The highest BCUT2D eigenvalue weighted by Crippen LogP contribution is 2.44. The van der Waals surface area contributed by atoms with Gasteiger partial charge in [-0.3, -0.25) is 4.79 Å². The van der Waals surface area contributed by atoms with E-state index in [0.29, 0.717) is 17.9 Å². The Hall–Kier alpha value is -1.61. The SMILES string of the molecule is CC[C@H]1CCC[C@@H]2Cc3ccccc3N(C(=O)c3ccc(Br)cc3)[C@H]21. The molecule has 0 saturated heterocycles. The zero-order chi connectivity index (χ0) is 17.4. The molecule has 1 amide bonds. The lowest BCUT2D eigenvalue weighted by molar-refractivity contribution is 0.0920. The van der Waals surface area contributed by atoms with E-state index in [9.17, 15) is 4.79 Å². The second-order valence-corrected chi connectivity index (χ2v) is 8.28. The van der Waals surface area contributed by atoms with Gasteiger partial charge in [0.2, 0.25) is 0 Å². The Morgan fingerprint density at radius 3 is 2.64 bits per heavy atom. The monoisotopic (exact) mass is 397 g/mol. The molecule has 3 atom stereocenters. The fourth-order valence-corrected chi connectivity index (χ4v) is 5.06. The van der Waals surface area contributed by atoms with Crippen molar-refractivity contribution in [1.29, 1.82) is 0 Å². The van der Waals surface area contributed by atoms with Gasteiger partial charge in [-0.05, 0) is 67.0 Å². The maximum Gasteiger partial charge on any atom is 0.258 e. The van der Waals surface area contributed by atoms with Crippen LogP contribution < -0.4 is 4.90 Å². The van der Waals surface area contributed by atoms with Gasteiger partial charge in [-0.2, -0.15) is 0 Å². The molecule has 0 radical (unpaired) electrons. The fraction of sp³-hybridized carbons (Fsp3) is 0.409. The number of anilines is 1. The van der Waals surface area contributed by atoms with Gasteiger partial charge >= 0.3 is 0 Å². The van der Waals surface area contributed by atoms with Crippen molar-refractivity contribution in [2.75, 3.05) is 4.90 Å². The number of amides is 1. The summed E-state index contributed by atoms with van der Waals surface area (Å²) in [6, 6.07) is 16.6. The minimum absolute atomic E-state index is 0.148. The van der Waals surface area contributed by atoms with Crippen LogP contribution in [0.1, 0.15) is 48.5 Å². The van der Waals surface area contributed by atoms with Gasteiger partial charge in [-0.25, -0.2) is 0 Å². The normalized spacial score (nSPS) is 25.2. The van der Waals surface area contributed by atoms with E-state index in [4.69, 9.17) is 0 Å². The molecule has 2 aromatic rings. The molecule has 2 nitrogen and oxygen atoms in total. The summed E-state index contributed by atoms with van der Waals surface area (Å²) in [4.78, 5) is 15.6. The Bertz CT molecular complexity index is 770. The zero-order valence-corrected chi connectivity index (χ0v) is 16.2. The van der Waals surface area contributed by atoms with E-state index in [1.54, 1.807) is 0 Å². The molecule has 1 aliphatic heterocycles. The number of fused-ring (bicyclic) bond motifs is 2. The Balaban J connectivity index is 1.80. The van der Waals surface area contributed by atoms with Crippen molar-refractivity contribution < 1.29 is 4.79 Å². The number of halogens is 1. The first-order valence-electron chi connectivity index (χ1n) is 9.36. The molecule has 1 saturated carbocycles. The molecule has 130 valence electrons. The molecular weight excluding hydrogens is 374 g/mol. The van der Waals surface area contributed by atoms with E-state index >= 15 is 0 Å². The number of rotatable bonds is 2. The first kappa shape index (κ1) is 16.8. The molecule has 0 bridgehead atoms. The van der Waals surface area contributed by atoms with Crippen molar-refractivity contribution in [3.63, 3.8) is 0 Å². The lowest BCUT2D eigenvalue weighted by Crippen LogP contribution is -2.54. The summed E-state index contributed by atoms with van der Waals surface area (Å²) >= 11 is 3.47. The highest BCUT2D eigenvalue weighted by atomic mass is 79.9. The Morgan fingerprint density at radius 1 is 1.12 bits per heavy atom. The van der Waals surface area contributed by atoms with Crippen LogP contribution in [0.4, 0.5) is 5.69 Å². The topological polar surface area (TPSA) is 20.3 Å². The Kier molecular flexibility index (Phi) is 4.68. The highest BCUT2D eigenvalue weighted by molar-refractivity contribution is 9.10. The number of carbonyl (C=O) groups excluding carboxylic acids is 1. The van der Waals surface area contributed by atoms with Crippen LogP contribution in [0, 0.1) is 11.8 Å². The highest BCUT2D eigenvalue weighted by Gasteiger charge is 2.43. The number of carbonyl (C=O) groups is 1. The van der Waals surface area contributed by atoms with Crippen LogP contribution in [-0.2, 0) is 6.42 Å². The second kappa shape index (κ2) is 6.95. The van der Waals surface area contributed by atoms with Crippen LogP contribution in [0.5, 0.6) is 0 Å². The summed E-state index contributed by atoms with van der Waals surface area (Å²) in [5, 5.41) is 0. The smallest absolute Gasteiger partial charge is 0.258 e.